The Morgan fingerprint density at radius 3 is 2.38 bits per heavy atom. The van der Waals surface area contributed by atoms with Gasteiger partial charge in [-0.2, -0.15) is 0 Å². The molecule has 0 bridgehead atoms. The van der Waals surface area contributed by atoms with Crippen molar-refractivity contribution in [3.8, 4) is 11.5 Å². The molecule has 0 aromatic heterocycles. The Balaban J connectivity index is 1.80. The molecule has 0 unspecified atom stereocenters. The maximum absolute atomic E-state index is 13.5. The highest BCUT2D eigenvalue weighted by Crippen LogP contribution is 2.66. The third-order valence-electron chi connectivity index (χ3n) is 7.83. The lowest BCUT2D eigenvalue weighted by atomic mass is 9.56. The van der Waals surface area contributed by atoms with Crippen molar-refractivity contribution in [2.24, 2.45) is 17.8 Å². The van der Waals surface area contributed by atoms with Crippen LogP contribution in [0.1, 0.15) is 24.3 Å². The molecule has 1 saturated carbocycles. The summed E-state index contributed by atoms with van der Waals surface area (Å²) in [5.41, 5.74) is 0.845. The van der Waals surface area contributed by atoms with Gasteiger partial charge in [-0.05, 0) is 30.9 Å². The van der Waals surface area contributed by atoms with Crippen molar-refractivity contribution < 1.29 is 29.0 Å². The molecule has 4 amide bonds. The average Bonchev–Trinajstić information content (AvgIpc) is 3.10. The first kappa shape index (κ1) is 23.6. The first-order chi connectivity index (χ1) is 15.9. The number of benzene rings is 1. The normalized spacial score (nSPS) is 36.9. The summed E-state index contributed by atoms with van der Waals surface area (Å²) in [6.07, 6.45) is 1.99. The van der Waals surface area contributed by atoms with Crippen molar-refractivity contribution in [1.82, 2.24) is 9.80 Å². The number of imide groups is 2. The van der Waals surface area contributed by atoms with E-state index < -0.39 is 45.2 Å². The third-order valence-corrected chi connectivity index (χ3v) is 9.71. The molecule has 6 atom stereocenters. The highest BCUT2D eigenvalue weighted by atomic mass is 79.9. The van der Waals surface area contributed by atoms with E-state index in [0.717, 1.165) is 9.80 Å². The molecule has 1 aromatic carbocycles. The van der Waals surface area contributed by atoms with E-state index in [1.807, 2.05) is 6.08 Å². The standard InChI is InChI=1S/C23H21BrCl2N2O6/c1-27-18(30)11-5-4-10-13(15(11)19(27)31)8-22(25)20(32)28(2)21(33)23(22,26)16(10)12-6-9(24)7-14(34-3)17(12)29/h4,6-7,11,13,15-16,29H,5,8H2,1-3H3/t11-,13+,15-,16+,22+,23-/m0/s1. The van der Waals surface area contributed by atoms with Crippen molar-refractivity contribution >= 4 is 62.8 Å². The van der Waals surface area contributed by atoms with E-state index in [1.54, 1.807) is 12.1 Å². The molecule has 2 saturated heterocycles. The predicted molar refractivity (Wildman–Crippen MR) is 126 cm³/mol. The Morgan fingerprint density at radius 1 is 1.06 bits per heavy atom. The second-order valence-electron chi connectivity index (χ2n) is 9.28. The zero-order valence-electron chi connectivity index (χ0n) is 18.5. The van der Waals surface area contributed by atoms with E-state index in [4.69, 9.17) is 27.9 Å². The van der Waals surface area contributed by atoms with Crippen LogP contribution in [-0.4, -0.2) is 69.5 Å². The monoisotopic (exact) mass is 570 g/mol. The zero-order valence-corrected chi connectivity index (χ0v) is 21.6. The van der Waals surface area contributed by atoms with Crippen LogP contribution in [0.5, 0.6) is 11.5 Å². The van der Waals surface area contributed by atoms with Gasteiger partial charge in [-0.15, -0.1) is 23.2 Å². The van der Waals surface area contributed by atoms with Gasteiger partial charge in [-0.25, -0.2) is 0 Å². The molecule has 2 aliphatic carbocycles. The number of fused-ring (bicyclic) bond motifs is 4. The molecule has 2 heterocycles. The smallest absolute Gasteiger partial charge is 0.253 e. The largest absolute Gasteiger partial charge is 0.504 e. The minimum absolute atomic E-state index is 0.0881. The van der Waals surface area contributed by atoms with Crippen LogP contribution in [0, 0.1) is 17.8 Å². The lowest BCUT2D eigenvalue weighted by Crippen LogP contribution is -2.60. The van der Waals surface area contributed by atoms with Crippen LogP contribution < -0.4 is 4.74 Å². The number of methoxy groups -OCH3 is 1. The number of aromatic hydroxyl groups is 1. The third kappa shape index (κ3) is 2.66. The van der Waals surface area contributed by atoms with Gasteiger partial charge in [0.25, 0.3) is 11.8 Å². The van der Waals surface area contributed by atoms with Gasteiger partial charge in [-0.3, -0.25) is 29.0 Å². The van der Waals surface area contributed by atoms with Crippen molar-refractivity contribution in [1.29, 1.82) is 0 Å². The van der Waals surface area contributed by atoms with Crippen molar-refractivity contribution in [2.75, 3.05) is 21.2 Å². The van der Waals surface area contributed by atoms with Crippen LogP contribution in [-0.2, 0) is 19.2 Å². The number of rotatable bonds is 2. The molecular weight excluding hydrogens is 551 g/mol. The van der Waals surface area contributed by atoms with Crippen molar-refractivity contribution in [3.05, 3.63) is 33.8 Å². The summed E-state index contributed by atoms with van der Waals surface area (Å²) in [5.74, 6) is -5.10. The number of ether oxygens (including phenoxy) is 1. The molecule has 1 N–H and O–H groups in total. The van der Waals surface area contributed by atoms with E-state index in [0.29, 0.717) is 10.0 Å². The fourth-order valence-corrected chi connectivity index (χ4v) is 7.68. The molecule has 5 rings (SSSR count). The summed E-state index contributed by atoms with van der Waals surface area (Å²) >= 11 is 17.5. The SMILES string of the molecule is COc1cc(Br)cc([C@H]2C3=CC[C@@H]4C(=O)N(C)C(=O)[C@@H]4[C@@H]3C[C@@]3(Cl)C(=O)N(C)C(=O)[C@@]23Cl)c1O. The lowest BCUT2D eigenvalue weighted by Gasteiger charge is -2.50. The molecular formula is C23H21BrCl2N2O6. The van der Waals surface area contributed by atoms with E-state index in [9.17, 15) is 24.3 Å². The second kappa shape index (κ2) is 7.45. The molecule has 0 spiro atoms. The minimum Gasteiger partial charge on any atom is -0.504 e. The van der Waals surface area contributed by atoms with Gasteiger partial charge >= 0.3 is 0 Å². The number of hydrogen-bond donors (Lipinski definition) is 1. The van der Waals surface area contributed by atoms with Gasteiger partial charge in [0.15, 0.2) is 21.2 Å². The molecule has 0 radical (unpaired) electrons. The summed E-state index contributed by atoms with van der Waals surface area (Å²) in [7, 11) is 4.14. The number of likely N-dealkylation sites (tertiary alicyclic amines) is 2. The summed E-state index contributed by atoms with van der Waals surface area (Å²) < 4.78 is 5.85. The molecule has 8 nitrogen and oxygen atoms in total. The Kier molecular flexibility index (Phi) is 5.18. The highest BCUT2D eigenvalue weighted by Gasteiger charge is 2.76. The quantitative estimate of drug-likeness (QED) is 0.332. The minimum atomic E-state index is -1.96. The fraction of sp³-hybridized carbons (Fsp3) is 0.478. The predicted octanol–water partition coefficient (Wildman–Crippen LogP) is 2.78. The Bertz CT molecular complexity index is 1220. The molecule has 2 aliphatic heterocycles. The number of halogens is 3. The molecule has 180 valence electrons. The summed E-state index contributed by atoms with van der Waals surface area (Å²) in [6, 6.07) is 3.16. The van der Waals surface area contributed by atoms with Crippen LogP contribution in [0.25, 0.3) is 0 Å². The van der Waals surface area contributed by atoms with Crippen LogP contribution >= 0.6 is 39.1 Å². The average molecular weight is 572 g/mol. The van der Waals surface area contributed by atoms with E-state index in [-0.39, 0.29) is 41.7 Å². The molecule has 1 aromatic rings. The number of nitrogens with zero attached hydrogens (tertiary/aromatic N) is 2. The first-order valence-corrected chi connectivity index (χ1v) is 12.2. The summed E-state index contributed by atoms with van der Waals surface area (Å²) in [6.45, 7) is 0. The number of amides is 4. The summed E-state index contributed by atoms with van der Waals surface area (Å²) in [4.78, 5) is 50.8. The van der Waals surface area contributed by atoms with Gasteiger partial charge in [0.2, 0.25) is 11.8 Å². The van der Waals surface area contributed by atoms with Gasteiger partial charge in [0, 0.05) is 30.0 Å². The Hall–Kier alpha value is -2.10. The molecule has 11 heteroatoms. The van der Waals surface area contributed by atoms with E-state index >= 15 is 0 Å². The number of carbonyl (C=O) groups excluding carboxylic acids is 4. The van der Waals surface area contributed by atoms with Gasteiger partial charge in [0.05, 0.1) is 18.9 Å². The fourth-order valence-electron chi connectivity index (χ4n) is 6.22. The van der Waals surface area contributed by atoms with Gasteiger partial charge < -0.3 is 9.84 Å². The lowest BCUT2D eigenvalue weighted by molar-refractivity contribution is -0.140. The number of hydrogen-bond acceptors (Lipinski definition) is 6. The maximum Gasteiger partial charge on any atom is 0.253 e. The molecule has 4 aliphatic rings. The van der Waals surface area contributed by atoms with E-state index in [1.165, 1.54) is 21.2 Å². The van der Waals surface area contributed by atoms with E-state index in [2.05, 4.69) is 15.9 Å². The number of phenols is 1. The zero-order chi connectivity index (χ0) is 24.9. The number of alkyl halides is 2. The molecule has 3 fully saturated rings. The second-order valence-corrected chi connectivity index (χ2v) is 11.4. The Morgan fingerprint density at radius 2 is 1.74 bits per heavy atom. The van der Waals surface area contributed by atoms with Gasteiger partial charge in [0.1, 0.15) is 0 Å². The van der Waals surface area contributed by atoms with Crippen LogP contribution in [0.2, 0.25) is 0 Å². The Labute approximate surface area is 213 Å². The first-order valence-electron chi connectivity index (χ1n) is 10.7. The topological polar surface area (TPSA) is 104 Å². The summed E-state index contributed by atoms with van der Waals surface area (Å²) in [5, 5.41) is 11.1. The van der Waals surface area contributed by atoms with Crippen LogP contribution in [0.15, 0.2) is 28.3 Å². The highest BCUT2D eigenvalue weighted by molar-refractivity contribution is 9.10. The molecule has 34 heavy (non-hydrogen) atoms. The number of phenolic OH excluding ortho intramolecular Hbond substituents is 1. The van der Waals surface area contributed by atoms with Crippen molar-refractivity contribution in [3.63, 3.8) is 0 Å². The van der Waals surface area contributed by atoms with Crippen molar-refractivity contribution in [2.45, 2.75) is 28.5 Å². The van der Waals surface area contributed by atoms with Crippen LogP contribution in [0.4, 0.5) is 0 Å². The number of carbonyl (C=O) groups is 4. The maximum atomic E-state index is 13.5. The van der Waals surface area contributed by atoms with Gasteiger partial charge in [-0.1, -0.05) is 27.6 Å². The number of allylic oxidation sites excluding steroid dienone is 2. The van der Waals surface area contributed by atoms with Crippen LogP contribution in [0.3, 0.4) is 0 Å².